The molecule has 2 amide bonds. The normalized spacial score (nSPS) is 10.5. The zero-order valence-electron chi connectivity index (χ0n) is 12.9. The number of nitrogens with one attached hydrogen (secondary N) is 2. The van der Waals surface area contributed by atoms with Gasteiger partial charge < -0.3 is 16.4 Å². The molecular weight excluding hydrogens is 268 g/mol. The van der Waals surface area contributed by atoms with Crippen LogP contribution in [-0.2, 0) is 9.59 Å². The number of benzene rings is 1. The lowest BCUT2D eigenvalue weighted by Crippen LogP contribution is -2.37. The van der Waals surface area contributed by atoms with Crippen molar-refractivity contribution in [1.82, 2.24) is 10.2 Å². The van der Waals surface area contributed by atoms with Crippen LogP contribution in [0.1, 0.15) is 18.9 Å². The zero-order chi connectivity index (χ0) is 15.8. The molecule has 1 aromatic carbocycles. The fourth-order valence-corrected chi connectivity index (χ4v) is 1.93. The zero-order valence-corrected chi connectivity index (χ0v) is 12.9. The number of amides is 2. The summed E-state index contributed by atoms with van der Waals surface area (Å²) in [6, 6.07) is 5.37. The maximum atomic E-state index is 12.0. The molecule has 0 saturated carbocycles. The van der Waals surface area contributed by atoms with E-state index < -0.39 is 0 Å². The lowest BCUT2D eigenvalue weighted by Gasteiger charge is -2.19. The van der Waals surface area contributed by atoms with Crippen LogP contribution in [0.5, 0.6) is 0 Å². The number of anilines is 2. The van der Waals surface area contributed by atoms with Gasteiger partial charge in [-0.25, -0.2) is 0 Å². The fourth-order valence-electron chi connectivity index (χ4n) is 1.93. The molecule has 6 nitrogen and oxygen atoms in total. The second-order valence-corrected chi connectivity index (χ2v) is 4.91. The predicted molar refractivity (Wildman–Crippen MR) is 85.0 cm³/mol. The molecule has 4 N–H and O–H groups in total. The SMILES string of the molecule is CCN(CCC(=O)Nc1ccc(N)cc1C)CC(=O)NC. The van der Waals surface area contributed by atoms with Crippen molar-refractivity contribution < 1.29 is 9.59 Å². The number of carbonyl (C=O) groups excluding carboxylic acids is 2. The van der Waals surface area contributed by atoms with Crippen LogP contribution in [0.15, 0.2) is 18.2 Å². The third kappa shape index (κ3) is 5.83. The highest BCUT2D eigenvalue weighted by atomic mass is 16.2. The van der Waals surface area contributed by atoms with Crippen molar-refractivity contribution in [2.75, 3.05) is 37.7 Å². The summed E-state index contributed by atoms with van der Waals surface area (Å²) in [5.74, 6) is -0.120. The Hall–Kier alpha value is -2.08. The Morgan fingerprint density at radius 1 is 1.29 bits per heavy atom. The highest BCUT2D eigenvalue weighted by Crippen LogP contribution is 2.17. The van der Waals surface area contributed by atoms with Crippen molar-refractivity contribution in [3.05, 3.63) is 23.8 Å². The van der Waals surface area contributed by atoms with Crippen LogP contribution in [0.3, 0.4) is 0 Å². The standard InChI is InChI=1S/C15H24N4O2/c1-4-19(10-15(21)17-3)8-7-14(20)18-13-6-5-12(16)9-11(13)2/h5-6,9H,4,7-8,10,16H2,1-3H3,(H,17,21)(H,18,20). The van der Waals surface area contributed by atoms with E-state index in [4.69, 9.17) is 5.73 Å². The Balaban J connectivity index is 2.47. The molecule has 0 unspecified atom stereocenters. The third-order valence-corrected chi connectivity index (χ3v) is 3.27. The predicted octanol–water partition coefficient (Wildman–Crippen LogP) is 0.974. The summed E-state index contributed by atoms with van der Waals surface area (Å²) in [4.78, 5) is 25.2. The first-order valence-electron chi connectivity index (χ1n) is 7.05. The van der Waals surface area contributed by atoms with Gasteiger partial charge in [-0.15, -0.1) is 0 Å². The Bertz CT molecular complexity index is 502. The van der Waals surface area contributed by atoms with E-state index in [1.165, 1.54) is 0 Å². The highest BCUT2D eigenvalue weighted by Gasteiger charge is 2.11. The van der Waals surface area contributed by atoms with E-state index in [0.717, 1.165) is 17.8 Å². The molecule has 0 aliphatic heterocycles. The van der Waals surface area contributed by atoms with Gasteiger partial charge in [0.15, 0.2) is 0 Å². The van der Waals surface area contributed by atoms with Gasteiger partial charge in [0.25, 0.3) is 0 Å². The number of hydrogen-bond acceptors (Lipinski definition) is 4. The van der Waals surface area contributed by atoms with Crippen molar-refractivity contribution in [2.45, 2.75) is 20.3 Å². The van der Waals surface area contributed by atoms with E-state index in [0.29, 0.717) is 25.2 Å². The van der Waals surface area contributed by atoms with E-state index in [1.807, 2.05) is 24.8 Å². The summed E-state index contributed by atoms with van der Waals surface area (Å²) in [5.41, 5.74) is 8.05. The lowest BCUT2D eigenvalue weighted by atomic mass is 10.1. The third-order valence-electron chi connectivity index (χ3n) is 3.27. The molecule has 1 aromatic rings. The van der Waals surface area contributed by atoms with E-state index in [-0.39, 0.29) is 11.8 Å². The Kier molecular flexibility index (Phi) is 6.68. The number of hydrogen-bond donors (Lipinski definition) is 3. The van der Waals surface area contributed by atoms with Crippen molar-refractivity contribution in [3.63, 3.8) is 0 Å². The maximum absolute atomic E-state index is 12.0. The molecule has 6 heteroatoms. The molecule has 0 bridgehead atoms. The van der Waals surface area contributed by atoms with Crippen molar-refractivity contribution in [3.8, 4) is 0 Å². The molecule has 0 radical (unpaired) electrons. The molecule has 1 rings (SSSR count). The fraction of sp³-hybridized carbons (Fsp3) is 0.467. The van der Waals surface area contributed by atoms with Gasteiger partial charge in [-0.1, -0.05) is 6.92 Å². The first-order valence-corrected chi connectivity index (χ1v) is 7.05. The first kappa shape index (κ1) is 17.0. The molecule has 0 aromatic heterocycles. The minimum absolute atomic E-state index is 0.0494. The van der Waals surface area contributed by atoms with Crippen molar-refractivity contribution >= 4 is 23.2 Å². The minimum Gasteiger partial charge on any atom is -0.399 e. The van der Waals surface area contributed by atoms with Gasteiger partial charge in [-0.2, -0.15) is 0 Å². The number of likely N-dealkylation sites (N-methyl/N-ethyl adjacent to an activating group) is 2. The molecule has 0 spiro atoms. The molecular formula is C15H24N4O2. The second-order valence-electron chi connectivity index (χ2n) is 4.91. The van der Waals surface area contributed by atoms with Gasteiger partial charge in [0, 0.05) is 31.4 Å². The van der Waals surface area contributed by atoms with Crippen molar-refractivity contribution in [2.24, 2.45) is 0 Å². The van der Waals surface area contributed by atoms with Crippen LogP contribution in [0.25, 0.3) is 0 Å². The molecule has 0 atom stereocenters. The Morgan fingerprint density at radius 2 is 2.00 bits per heavy atom. The monoisotopic (exact) mass is 292 g/mol. The average molecular weight is 292 g/mol. The highest BCUT2D eigenvalue weighted by molar-refractivity contribution is 5.91. The smallest absolute Gasteiger partial charge is 0.233 e. The van der Waals surface area contributed by atoms with E-state index in [9.17, 15) is 9.59 Å². The molecule has 0 fully saturated rings. The number of aryl methyl sites for hydroxylation is 1. The molecule has 21 heavy (non-hydrogen) atoms. The number of nitrogens with two attached hydrogens (primary N) is 1. The van der Waals surface area contributed by atoms with Crippen LogP contribution in [0.2, 0.25) is 0 Å². The van der Waals surface area contributed by atoms with Gasteiger partial charge >= 0.3 is 0 Å². The Labute approximate surface area is 125 Å². The molecule has 0 saturated heterocycles. The van der Waals surface area contributed by atoms with Gasteiger partial charge in [-0.3, -0.25) is 14.5 Å². The van der Waals surface area contributed by atoms with E-state index >= 15 is 0 Å². The number of nitrogens with zero attached hydrogens (tertiary/aromatic N) is 1. The lowest BCUT2D eigenvalue weighted by molar-refractivity contribution is -0.122. The van der Waals surface area contributed by atoms with Crippen molar-refractivity contribution in [1.29, 1.82) is 0 Å². The first-order chi connectivity index (χ1) is 9.96. The summed E-state index contributed by atoms with van der Waals surface area (Å²) in [7, 11) is 1.60. The molecule has 0 aliphatic rings. The number of nitrogen functional groups attached to an aromatic ring is 1. The molecule has 116 valence electrons. The van der Waals surface area contributed by atoms with Crippen LogP contribution in [0.4, 0.5) is 11.4 Å². The summed E-state index contributed by atoms with van der Waals surface area (Å²) in [6.07, 6.45) is 0.342. The minimum atomic E-state index is -0.0711. The second kappa shape index (κ2) is 8.26. The quantitative estimate of drug-likeness (QED) is 0.654. The van der Waals surface area contributed by atoms with E-state index in [2.05, 4.69) is 10.6 Å². The molecule has 0 aliphatic carbocycles. The summed E-state index contributed by atoms with van der Waals surface area (Å²) < 4.78 is 0. The van der Waals surface area contributed by atoms with Crippen LogP contribution in [0, 0.1) is 6.92 Å². The van der Waals surface area contributed by atoms with E-state index in [1.54, 1.807) is 19.2 Å². The van der Waals surface area contributed by atoms with Crippen LogP contribution >= 0.6 is 0 Å². The summed E-state index contributed by atoms with van der Waals surface area (Å²) in [5, 5.41) is 5.44. The average Bonchev–Trinajstić information content (AvgIpc) is 2.46. The maximum Gasteiger partial charge on any atom is 0.233 e. The number of rotatable bonds is 7. The number of carbonyl (C=O) groups is 2. The molecule has 0 heterocycles. The summed E-state index contributed by atoms with van der Waals surface area (Å²) >= 11 is 0. The largest absolute Gasteiger partial charge is 0.399 e. The topological polar surface area (TPSA) is 87.5 Å². The van der Waals surface area contributed by atoms with Gasteiger partial charge in [0.05, 0.1) is 6.54 Å². The van der Waals surface area contributed by atoms with Gasteiger partial charge in [-0.05, 0) is 37.2 Å². The van der Waals surface area contributed by atoms with Gasteiger partial charge in [0.2, 0.25) is 11.8 Å². The van der Waals surface area contributed by atoms with Crippen LogP contribution < -0.4 is 16.4 Å². The van der Waals surface area contributed by atoms with Gasteiger partial charge in [0.1, 0.15) is 0 Å². The van der Waals surface area contributed by atoms with Crippen LogP contribution in [-0.4, -0.2) is 43.4 Å². The summed E-state index contributed by atoms with van der Waals surface area (Å²) in [6.45, 7) is 5.44. The Morgan fingerprint density at radius 3 is 2.57 bits per heavy atom.